The van der Waals surface area contributed by atoms with Gasteiger partial charge < -0.3 is 5.98 Å². The van der Waals surface area contributed by atoms with Crippen molar-refractivity contribution in [1.82, 2.24) is 0 Å². The Balaban J connectivity index is 0. The molecule has 0 aromatic heterocycles. The van der Waals surface area contributed by atoms with E-state index in [1.807, 2.05) is 0 Å². The van der Waals surface area contributed by atoms with Crippen molar-refractivity contribution in [2.24, 2.45) is 0 Å². The van der Waals surface area contributed by atoms with Gasteiger partial charge in [-0.15, -0.1) is 0 Å². The van der Waals surface area contributed by atoms with Gasteiger partial charge in [0.05, 0.1) is 4.90 Å². The molecular formula is C6H6ClKO2S. The first-order chi connectivity index (χ1) is 4.70. The number of rotatable bonds is 1. The van der Waals surface area contributed by atoms with E-state index in [0.29, 0.717) is 9.92 Å². The Morgan fingerprint density at radius 3 is 2.55 bits per heavy atom. The molecule has 0 heterocycles. The zero-order chi connectivity index (χ0) is 7.56. The minimum Gasteiger partial charge on any atom is -1.00 e. The maximum Gasteiger partial charge on any atom is 1.00 e. The second kappa shape index (κ2) is 5.83. The SMILES string of the molecule is O=S(O)c1cccc(Cl)c1.[H-].[K+]. The molecular weight excluding hydrogens is 211 g/mol. The van der Waals surface area contributed by atoms with Crippen molar-refractivity contribution in [2.75, 3.05) is 0 Å². The Hall–Kier alpha value is 1.26. The van der Waals surface area contributed by atoms with Crippen LogP contribution < -0.4 is 51.4 Å². The Kier molecular flexibility index (Phi) is 6.49. The first kappa shape index (κ1) is 12.3. The molecule has 1 atom stereocenters. The second-order valence-corrected chi connectivity index (χ2v) is 3.11. The predicted octanol–water partition coefficient (Wildman–Crippen LogP) is -0.963. The Morgan fingerprint density at radius 1 is 1.55 bits per heavy atom. The van der Waals surface area contributed by atoms with Crippen LogP contribution in [0.4, 0.5) is 0 Å². The zero-order valence-corrected chi connectivity index (χ0v) is 10.6. The fraction of sp³-hybridized carbons (Fsp3) is 0. The topological polar surface area (TPSA) is 37.3 Å². The van der Waals surface area contributed by atoms with Gasteiger partial charge in [-0.2, -0.15) is 0 Å². The van der Waals surface area contributed by atoms with Crippen LogP contribution in [0.25, 0.3) is 0 Å². The molecule has 0 aliphatic rings. The summed E-state index contributed by atoms with van der Waals surface area (Å²) in [6, 6.07) is 6.28. The maximum atomic E-state index is 10.4. The van der Waals surface area contributed by atoms with Crippen LogP contribution >= 0.6 is 11.6 Å². The van der Waals surface area contributed by atoms with E-state index in [9.17, 15) is 4.21 Å². The summed E-state index contributed by atoms with van der Waals surface area (Å²) in [6.07, 6.45) is 0. The van der Waals surface area contributed by atoms with E-state index in [1.54, 1.807) is 18.2 Å². The summed E-state index contributed by atoms with van der Waals surface area (Å²) in [7, 11) is 0. The van der Waals surface area contributed by atoms with Gasteiger partial charge in [0, 0.05) is 5.02 Å². The average molecular weight is 217 g/mol. The quantitative estimate of drug-likeness (QED) is 0.485. The number of hydrogen-bond acceptors (Lipinski definition) is 1. The molecule has 0 amide bonds. The first-order valence-corrected chi connectivity index (χ1v) is 4.05. The van der Waals surface area contributed by atoms with Crippen LogP contribution in [0.3, 0.4) is 0 Å². The van der Waals surface area contributed by atoms with Crippen molar-refractivity contribution in [3.8, 4) is 0 Å². The van der Waals surface area contributed by atoms with E-state index >= 15 is 0 Å². The largest absolute Gasteiger partial charge is 1.00 e. The minimum absolute atomic E-state index is 0. The molecule has 1 aromatic carbocycles. The molecule has 0 aliphatic heterocycles. The Bertz CT molecular complexity index is 271. The summed E-state index contributed by atoms with van der Waals surface area (Å²) in [6.45, 7) is 0. The predicted molar refractivity (Wildman–Crippen MR) is 41.6 cm³/mol. The van der Waals surface area contributed by atoms with Crippen LogP contribution in [-0.4, -0.2) is 8.76 Å². The fourth-order valence-corrected chi connectivity index (χ4v) is 1.25. The van der Waals surface area contributed by atoms with Crippen molar-refractivity contribution in [1.29, 1.82) is 0 Å². The van der Waals surface area contributed by atoms with E-state index < -0.39 is 11.1 Å². The van der Waals surface area contributed by atoms with Crippen LogP contribution in [-0.2, 0) is 11.1 Å². The Morgan fingerprint density at radius 2 is 2.18 bits per heavy atom. The zero-order valence-electron chi connectivity index (χ0n) is 6.95. The van der Waals surface area contributed by atoms with Gasteiger partial charge >= 0.3 is 51.4 Å². The molecule has 0 radical (unpaired) electrons. The minimum atomic E-state index is -1.92. The first-order valence-electron chi connectivity index (χ1n) is 2.56. The third-order valence-electron chi connectivity index (χ3n) is 0.998. The fourth-order valence-electron chi connectivity index (χ4n) is 0.576. The summed E-state index contributed by atoms with van der Waals surface area (Å²) >= 11 is 3.62. The van der Waals surface area contributed by atoms with Crippen LogP contribution in [0.1, 0.15) is 1.43 Å². The van der Waals surface area contributed by atoms with Crippen molar-refractivity contribution in [3.63, 3.8) is 0 Å². The van der Waals surface area contributed by atoms with Gasteiger partial charge in [0.15, 0.2) is 11.1 Å². The molecule has 0 aliphatic carbocycles. The number of halogens is 1. The summed E-state index contributed by atoms with van der Waals surface area (Å²) < 4.78 is 19.0. The van der Waals surface area contributed by atoms with Gasteiger partial charge in [-0.05, 0) is 18.2 Å². The molecule has 0 saturated heterocycles. The van der Waals surface area contributed by atoms with Gasteiger partial charge in [-0.25, -0.2) is 4.21 Å². The van der Waals surface area contributed by atoms with Gasteiger partial charge in [-0.3, -0.25) is 0 Å². The third-order valence-corrected chi connectivity index (χ3v) is 1.89. The van der Waals surface area contributed by atoms with Crippen LogP contribution in [0.5, 0.6) is 0 Å². The van der Waals surface area contributed by atoms with Crippen molar-refractivity contribution < 1.29 is 61.6 Å². The van der Waals surface area contributed by atoms with E-state index in [-0.39, 0.29) is 52.8 Å². The van der Waals surface area contributed by atoms with Crippen molar-refractivity contribution in [3.05, 3.63) is 29.3 Å². The van der Waals surface area contributed by atoms with E-state index in [0.717, 1.165) is 0 Å². The summed E-state index contributed by atoms with van der Waals surface area (Å²) in [4.78, 5) is 0.326. The van der Waals surface area contributed by atoms with E-state index in [1.165, 1.54) is 6.07 Å². The van der Waals surface area contributed by atoms with Crippen LogP contribution in [0, 0.1) is 0 Å². The van der Waals surface area contributed by atoms with Gasteiger partial charge in [0.25, 0.3) is 0 Å². The Labute approximate surface area is 117 Å². The van der Waals surface area contributed by atoms with Gasteiger partial charge in [0.2, 0.25) is 0 Å². The van der Waals surface area contributed by atoms with Crippen LogP contribution in [0.15, 0.2) is 29.2 Å². The van der Waals surface area contributed by atoms with Gasteiger partial charge in [0.1, 0.15) is 0 Å². The smallest absolute Gasteiger partial charge is 1.00 e. The van der Waals surface area contributed by atoms with Gasteiger partial charge in [-0.1, -0.05) is 17.7 Å². The molecule has 1 aromatic rings. The summed E-state index contributed by atoms with van der Waals surface area (Å²) in [5.74, 6) is 0. The number of benzene rings is 1. The molecule has 1 rings (SSSR count). The average Bonchev–Trinajstić information content (AvgIpc) is 1.88. The molecule has 1 unspecified atom stereocenters. The third kappa shape index (κ3) is 4.14. The maximum absolute atomic E-state index is 10.4. The molecule has 0 bridgehead atoms. The molecule has 0 spiro atoms. The summed E-state index contributed by atoms with van der Waals surface area (Å²) in [5.41, 5.74) is 0. The molecule has 5 heteroatoms. The van der Waals surface area contributed by atoms with Crippen molar-refractivity contribution in [2.45, 2.75) is 4.90 Å². The monoisotopic (exact) mass is 216 g/mol. The summed E-state index contributed by atoms with van der Waals surface area (Å²) in [5, 5.41) is 0.472. The standard InChI is InChI=1S/C6H5ClO2S.K.H/c7-5-2-1-3-6(4-5)10(8)9;;/h1-4H,(H,8,9);;/q;+1;-1. The number of hydrogen-bond donors (Lipinski definition) is 1. The normalized spacial score (nSPS) is 11.8. The van der Waals surface area contributed by atoms with E-state index in [4.69, 9.17) is 16.2 Å². The molecule has 11 heavy (non-hydrogen) atoms. The van der Waals surface area contributed by atoms with Crippen LogP contribution in [0.2, 0.25) is 5.02 Å². The van der Waals surface area contributed by atoms with E-state index in [2.05, 4.69) is 0 Å². The second-order valence-electron chi connectivity index (χ2n) is 1.71. The molecule has 0 fully saturated rings. The van der Waals surface area contributed by atoms with Crippen molar-refractivity contribution >= 4 is 22.7 Å². The molecule has 2 nitrogen and oxygen atoms in total. The molecule has 0 saturated carbocycles. The molecule has 56 valence electrons. The molecule has 1 N–H and O–H groups in total.